The molecule has 1 fully saturated rings. The van der Waals surface area contributed by atoms with Gasteiger partial charge in [0.1, 0.15) is 23.0 Å². The third-order valence-electron chi connectivity index (χ3n) is 6.02. The second kappa shape index (κ2) is 11.4. The maximum absolute atomic E-state index is 13.4. The van der Waals surface area contributed by atoms with Crippen molar-refractivity contribution in [1.29, 1.82) is 0 Å². The number of amides is 1. The van der Waals surface area contributed by atoms with Crippen molar-refractivity contribution in [3.63, 3.8) is 0 Å². The van der Waals surface area contributed by atoms with Crippen LogP contribution in [0.25, 0.3) is 5.76 Å². The quantitative estimate of drug-likeness (QED) is 0.203. The number of aromatic hydroxyl groups is 1. The van der Waals surface area contributed by atoms with Crippen LogP contribution in [-0.4, -0.2) is 35.1 Å². The molecule has 1 aliphatic rings. The van der Waals surface area contributed by atoms with Gasteiger partial charge in [-0.1, -0.05) is 52.0 Å². The van der Waals surface area contributed by atoms with Gasteiger partial charge in [-0.2, -0.15) is 0 Å². The van der Waals surface area contributed by atoms with Gasteiger partial charge in [0.2, 0.25) is 0 Å². The summed E-state index contributed by atoms with van der Waals surface area (Å²) in [5, 5.41) is 21.6. The number of rotatable bonds is 9. The fourth-order valence-electron chi connectivity index (χ4n) is 4.23. The first-order valence-electron chi connectivity index (χ1n) is 12.7. The number of phenols is 1. The highest BCUT2D eigenvalue weighted by molar-refractivity contribution is 6.51. The number of carbonyl (C=O) groups excluding carboxylic acids is 2. The van der Waals surface area contributed by atoms with Gasteiger partial charge in [0.05, 0.1) is 24.8 Å². The molecule has 3 aromatic carbocycles. The summed E-state index contributed by atoms with van der Waals surface area (Å²) >= 11 is 0. The summed E-state index contributed by atoms with van der Waals surface area (Å²) in [4.78, 5) is 28.1. The van der Waals surface area contributed by atoms with E-state index < -0.39 is 17.7 Å². The predicted octanol–water partition coefficient (Wildman–Crippen LogP) is 6.09. The first kappa shape index (κ1) is 26.8. The van der Waals surface area contributed by atoms with Gasteiger partial charge in [-0.15, -0.1) is 0 Å². The molecular formula is C31H33NO6. The first-order chi connectivity index (χ1) is 18.2. The van der Waals surface area contributed by atoms with Crippen LogP contribution in [0.15, 0.2) is 78.4 Å². The monoisotopic (exact) mass is 515 g/mol. The van der Waals surface area contributed by atoms with E-state index in [1.807, 2.05) is 13.8 Å². The minimum absolute atomic E-state index is 0.0189. The summed E-state index contributed by atoms with van der Waals surface area (Å²) in [6, 6.07) is 19.1. The standard InChI is InChI=1S/C31H33NO6/c1-19(2)17-37-25-13-11-23(12-14-25)32-28(21-7-5-9-24(33)15-21)27(30(35)31(32)36)29(34)22-8-6-10-26(16-22)38-18-20(3)4/h5-16,19-20,28,33-34H,17-18H2,1-4H3/b29-27-. The van der Waals surface area contributed by atoms with Crippen LogP contribution in [0.4, 0.5) is 5.69 Å². The van der Waals surface area contributed by atoms with Gasteiger partial charge >= 0.3 is 0 Å². The molecule has 1 amide bonds. The number of aliphatic hydroxyl groups excluding tert-OH is 1. The molecular weight excluding hydrogens is 482 g/mol. The number of phenolic OH excluding ortho intramolecular Hbond substituents is 1. The smallest absolute Gasteiger partial charge is 0.300 e. The fourth-order valence-corrected chi connectivity index (χ4v) is 4.23. The Morgan fingerprint density at radius 1 is 0.842 bits per heavy atom. The van der Waals surface area contributed by atoms with E-state index in [0.29, 0.717) is 53.4 Å². The van der Waals surface area contributed by atoms with Gasteiger partial charge in [0.25, 0.3) is 11.7 Å². The third kappa shape index (κ3) is 5.83. The molecule has 1 aliphatic heterocycles. The number of aliphatic hydroxyl groups is 1. The van der Waals surface area contributed by atoms with E-state index in [1.54, 1.807) is 60.7 Å². The predicted molar refractivity (Wildman–Crippen MR) is 146 cm³/mol. The Kier molecular flexibility index (Phi) is 8.05. The number of carbonyl (C=O) groups is 2. The lowest BCUT2D eigenvalue weighted by Crippen LogP contribution is -2.29. The molecule has 0 bridgehead atoms. The molecule has 3 aromatic rings. The molecule has 7 heteroatoms. The molecule has 2 N–H and O–H groups in total. The summed E-state index contributed by atoms with van der Waals surface area (Å²) in [7, 11) is 0. The Morgan fingerprint density at radius 3 is 2.11 bits per heavy atom. The summed E-state index contributed by atoms with van der Waals surface area (Å²) in [5.41, 5.74) is 1.23. The van der Waals surface area contributed by atoms with Crippen molar-refractivity contribution >= 4 is 23.1 Å². The summed E-state index contributed by atoms with van der Waals surface area (Å²) in [5.74, 6) is -0.0693. The molecule has 0 radical (unpaired) electrons. The van der Waals surface area contributed by atoms with Crippen molar-refractivity contribution in [3.05, 3.63) is 89.5 Å². The largest absolute Gasteiger partial charge is 0.508 e. The molecule has 0 aromatic heterocycles. The van der Waals surface area contributed by atoms with E-state index in [2.05, 4.69) is 13.8 Å². The zero-order valence-corrected chi connectivity index (χ0v) is 22.0. The molecule has 0 saturated carbocycles. The van der Waals surface area contributed by atoms with Gasteiger partial charge in [-0.05, 0) is 65.9 Å². The van der Waals surface area contributed by atoms with E-state index in [4.69, 9.17) is 9.47 Å². The number of hydrogen-bond acceptors (Lipinski definition) is 6. The molecule has 198 valence electrons. The molecule has 1 heterocycles. The first-order valence-corrected chi connectivity index (χ1v) is 12.7. The third-order valence-corrected chi connectivity index (χ3v) is 6.02. The van der Waals surface area contributed by atoms with Gasteiger partial charge < -0.3 is 19.7 Å². The van der Waals surface area contributed by atoms with E-state index in [9.17, 15) is 19.8 Å². The molecule has 0 spiro atoms. The summed E-state index contributed by atoms with van der Waals surface area (Å²) < 4.78 is 11.5. The molecule has 1 atom stereocenters. The number of nitrogens with zero attached hydrogens (tertiary/aromatic N) is 1. The maximum atomic E-state index is 13.4. The Hall–Kier alpha value is -4.26. The lowest BCUT2D eigenvalue weighted by Gasteiger charge is -2.25. The van der Waals surface area contributed by atoms with Crippen LogP contribution in [0.5, 0.6) is 17.2 Å². The molecule has 7 nitrogen and oxygen atoms in total. The summed E-state index contributed by atoms with van der Waals surface area (Å²) in [6.45, 7) is 9.21. The average Bonchev–Trinajstić information content (AvgIpc) is 3.16. The van der Waals surface area contributed by atoms with Crippen molar-refractivity contribution in [2.24, 2.45) is 11.8 Å². The van der Waals surface area contributed by atoms with Crippen LogP contribution in [0.1, 0.15) is 44.9 Å². The number of ketones is 1. The second-order valence-electron chi connectivity index (χ2n) is 10.2. The van der Waals surface area contributed by atoms with Crippen LogP contribution >= 0.6 is 0 Å². The molecule has 1 saturated heterocycles. The van der Waals surface area contributed by atoms with Gasteiger partial charge in [0.15, 0.2) is 0 Å². The highest BCUT2D eigenvalue weighted by Gasteiger charge is 2.47. The Balaban J connectivity index is 1.79. The van der Waals surface area contributed by atoms with E-state index >= 15 is 0 Å². The van der Waals surface area contributed by atoms with Crippen LogP contribution in [-0.2, 0) is 9.59 Å². The van der Waals surface area contributed by atoms with Crippen molar-refractivity contribution in [1.82, 2.24) is 0 Å². The number of ether oxygens (including phenoxy) is 2. The number of Topliss-reactive ketones (excluding diaryl/α,β-unsaturated/α-hetero) is 1. The van der Waals surface area contributed by atoms with Gasteiger partial charge in [0, 0.05) is 11.3 Å². The lowest BCUT2D eigenvalue weighted by molar-refractivity contribution is -0.132. The lowest BCUT2D eigenvalue weighted by atomic mass is 9.95. The van der Waals surface area contributed by atoms with Gasteiger partial charge in [-0.3, -0.25) is 14.5 Å². The van der Waals surface area contributed by atoms with Crippen molar-refractivity contribution in [2.75, 3.05) is 18.1 Å². The van der Waals surface area contributed by atoms with Crippen molar-refractivity contribution in [3.8, 4) is 17.2 Å². The second-order valence-corrected chi connectivity index (χ2v) is 10.2. The maximum Gasteiger partial charge on any atom is 0.300 e. The molecule has 1 unspecified atom stereocenters. The zero-order valence-electron chi connectivity index (χ0n) is 22.0. The van der Waals surface area contributed by atoms with E-state index in [0.717, 1.165) is 0 Å². The van der Waals surface area contributed by atoms with Crippen molar-refractivity contribution < 1.29 is 29.3 Å². The van der Waals surface area contributed by atoms with Crippen LogP contribution in [0.2, 0.25) is 0 Å². The minimum Gasteiger partial charge on any atom is -0.508 e. The highest BCUT2D eigenvalue weighted by Crippen LogP contribution is 2.43. The Labute approximate surface area is 222 Å². The highest BCUT2D eigenvalue weighted by atomic mass is 16.5. The SMILES string of the molecule is CC(C)COc1ccc(N2C(=O)C(=O)/C(=C(\O)c3cccc(OCC(C)C)c3)C2c2cccc(O)c2)cc1. The van der Waals surface area contributed by atoms with Crippen LogP contribution in [0.3, 0.4) is 0 Å². The van der Waals surface area contributed by atoms with Crippen molar-refractivity contribution in [2.45, 2.75) is 33.7 Å². The Morgan fingerprint density at radius 2 is 1.47 bits per heavy atom. The van der Waals surface area contributed by atoms with Crippen LogP contribution in [0, 0.1) is 11.8 Å². The topological polar surface area (TPSA) is 96.3 Å². The van der Waals surface area contributed by atoms with Gasteiger partial charge in [-0.25, -0.2) is 0 Å². The average molecular weight is 516 g/mol. The number of benzene rings is 3. The molecule has 4 rings (SSSR count). The van der Waals surface area contributed by atoms with E-state index in [-0.39, 0.29) is 17.1 Å². The molecule has 38 heavy (non-hydrogen) atoms. The normalized spacial score (nSPS) is 16.9. The van der Waals surface area contributed by atoms with E-state index in [1.165, 1.54) is 17.0 Å². The number of anilines is 1. The fraction of sp³-hybridized carbons (Fsp3) is 0.290. The Bertz CT molecular complexity index is 1340. The number of hydrogen-bond donors (Lipinski definition) is 2. The molecule has 0 aliphatic carbocycles. The minimum atomic E-state index is -0.954. The zero-order chi connectivity index (χ0) is 27.4. The van der Waals surface area contributed by atoms with Crippen LogP contribution < -0.4 is 14.4 Å². The summed E-state index contributed by atoms with van der Waals surface area (Å²) in [6.07, 6.45) is 0.